The molecular weight excluding hydrogens is 405 g/mol. The maximum absolute atomic E-state index is 13.4. The Morgan fingerprint density at radius 3 is 2.83 bits per heavy atom. The third-order valence-electron chi connectivity index (χ3n) is 5.49. The molecule has 0 saturated carbocycles. The summed E-state index contributed by atoms with van der Waals surface area (Å²) in [5.74, 6) is 0.195. The molecule has 0 bridgehead atoms. The van der Waals surface area contributed by atoms with E-state index < -0.39 is 0 Å². The Kier molecular flexibility index (Phi) is 9.37. The first-order valence-corrected chi connectivity index (χ1v) is 11.1. The van der Waals surface area contributed by atoms with Gasteiger partial charge < -0.3 is 21.3 Å². The van der Waals surface area contributed by atoms with Crippen LogP contribution < -0.4 is 16.4 Å². The van der Waals surface area contributed by atoms with Crippen LogP contribution in [0.4, 0.5) is 4.39 Å². The second-order valence-corrected chi connectivity index (χ2v) is 8.93. The number of nitrogens with two attached hydrogens (primary N) is 1. The van der Waals surface area contributed by atoms with E-state index in [0.717, 1.165) is 63.5 Å². The van der Waals surface area contributed by atoms with Gasteiger partial charge in [-0.1, -0.05) is 31.5 Å². The van der Waals surface area contributed by atoms with E-state index in [2.05, 4.69) is 15.5 Å². The summed E-state index contributed by atoms with van der Waals surface area (Å²) in [6, 6.07) is 4.50. The van der Waals surface area contributed by atoms with Crippen LogP contribution in [0.5, 0.6) is 0 Å². The number of benzene rings is 1. The molecule has 0 spiro atoms. The van der Waals surface area contributed by atoms with Gasteiger partial charge in [0.2, 0.25) is 5.91 Å². The predicted octanol–water partition coefficient (Wildman–Crippen LogP) is 2.90. The SMILES string of the molecule is CCNC(=NCC(C)(C)c1ccc(F)cc1Cl)NCCCN1CCCC(C(N)=O)C1. The van der Waals surface area contributed by atoms with Gasteiger partial charge in [-0.2, -0.15) is 0 Å². The first-order chi connectivity index (χ1) is 14.2. The molecule has 1 unspecified atom stereocenters. The molecule has 4 N–H and O–H groups in total. The number of guanidine groups is 1. The Morgan fingerprint density at radius 2 is 2.17 bits per heavy atom. The van der Waals surface area contributed by atoms with E-state index in [4.69, 9.17) is 22.3 Å². The van der Waals surface area contributed by atoms with Crippen LogP contribution in [0.3, 0.4) is 0 Å². The van der Waals surface area contributed by atoms with Gasteiger partial charge in [-0.05, 0) is 57.0 Å². The number of likely N-dealkylation sites (tertiary alicyclic amines) is 1. The number of halogens is 2. The molecule has 6 nitrogen and oxygen atoms in total. The number of nitrogens with zero attached hydrogens (tertiary/aromatic N) is 2. The molecule has 0 radical (unpaired) electrons. The van der Waals surface area contributed by atoms with Crippen molar-refractivity contribution < 1.29 is 9.18 Å². The third-order valence-corrected chi connectivity index (χ3v) is 5.80. The quantitative estimate of drug-likeness (QED) is 0.314. The lowest BCUT2D eigenvalue weighted by Gasteiger charge is -2.31. The minimum Gasteiger partial charge on any atom is -0.369 e. The van der Waals surface area contributed by atoms with Crippen LogP contribution in [0.15, 0.2) is 23.2 Å². The molecule has 168 valence electrons. The van der Waals surface area contributed by atoms with Crippen LogP contribution in [-0.4, -0.2) is 56.0 Å². The maximum Gasteiger partial charge on any atom is 0.221 e. The molecule has 1 fully saturated rings. The highest BCUT2D eigenvalue weighted by molar-refractivity contribution is 6.31. The summed E-state index contributed by atoms with van der Waals surface area (Å²) in [6.45, 7) is 10.9. The normalized spacial score (nSPS) is 18.3. The van der Waals surface area contributed by atoms with Crippen LogP contribution in [0.2, 0.25) is 5.02 Å². The number of nitrogens with one attached hydrogen (secondary N) is 2. The summed E-state index contributed by atoms with van der Waals surface area (Å²) < 4.78 is 13.4. The van der Waals surface area contributed by atoms with Crippen molar-refractivity contribution in [2.75, 3.05) is 39.3 Å². The van der Waals surface area contributed by atoms with Crippen LogP contribution >= 0.6 is 11.6 Å². The van der Waals surface area contributed by atoms with Gasteiger partial charge in [0.05, 0.1) is 12.5 Å². The molecular formula is C22H35ClFN5O. The molecule has 1 atom stereocenters. The van der Waals surface area contributed by atoms with Crippen molar-refractivity contribution in [2.24, 2.45) is 16.6 Å². The predicted molar refractivity (Wildman–Crippen MR) is 121 cm³/mol. The summed E-state index contributed by atoms with van der Waals surface area (Å²) in [5.41, 5.74) is 6.00. The van der Waals surface area contributed by atoms with Gasteiger partial charge in [-0.25, -0.2) is 4.39 Å². The lowest BCUT2D eigenvalue weighted by Crippen LogP contribution is -2.43. The molecule has 1 aliphatic rings. The fourth-order valence-corrected chi connectivity index (χ4v) is 4.17. The Hall–Kier alpha value is -1.86. The first kappa shape index (κ1) is 24.4. The Labute approximate surface area is 184 Å². The van der Waals surface area contributed by atoms with Crippen LogP contribution in [0, 0.1) is 11.7 Å². The smallest absolute Gasteiger partial charge is 0.221 e. The number of hydrogen-bond donors (Lipinski definition) is 3. The number of aliphatic imine (C=N–C) groups is 1. The number of rotatable bonds is 9. The third kappa shape index (κ3) is 7.43. The van der Waals surface area contributed by atoms with E-state index in [1.54, 1.807) is 6.07 Å². The summed E-state index contributed by atoms with van der Waals surface area (Å²) >= 11 is 6.24. The van der Waals surface area contributed by atoms with Crippen molar-refractivity contribution in [3.05, 3.63) is 34.6 Å². The summed E-state index contributed by atoms with van der Waals surface area (Å²) in [4.78, 5) is 18.4. The van der Waals surface area contributed by atoms with E-state index in [9.17, 15) is 9.18 Å². The minimum absolute atomic E-state index is 0.0221. The lowest BCUT2D eigenvalue weighted by molar-refractivity contribution is -0.123. The van der Waals surface area contributed by atoms with Gasteiger partial charge in [0.15, 0.2) is 5.96 Å². The monoisotopic (exact) mass is 439 g/mol. The molecule has 1 aliphatic heterocycles. The summed E-state index contributed by atoms with van der Waals surface area (Å²) in [6.07, 6.45) is 2.87. The topological polar surface area (TPSA) is 82.8 Å². The highest BCUT2D eigenvalue weighted by Gasteiger charge is 2.24. The second-order valence-electron chi connectivity index (χ2n) is 8.53. The lowest BCUT2D eigenvalue weighted by atomic mass is 9.84. The second kappa shape index (κ2) is 11.5. The molecule has 1 aromatic carbocycles. The average Bonchev–Trinajstić information content (AvgIpc) is 2.69. The van der Waals surface area contributed by atoms with Crippen LogP contribution in [-0.2, 0) is 10.2 Å². The number of primary amides is 1. The number of carbonyl (C=O) groups excluding carboxylic acids is 1. The van der Waals surface area contributed by atoms with E-state index in [0.29, 0.717) is 11.6 Å². The molecule has 0 aliphatic carbocycles. The first-order valence-electron chi connectivity index (χ1n) is 10.7. The Bertz CT molecular complexity index is 740. The van der Waals surface area contributed by atoms with E-state index in [1.165, 1.54) is 12.1 Å². The minimum atomic E-state index is -0.339. The van der Waals surface area contributed by atoms with Crippen molar-refractivity contribution >= 4 is 23.5 Å². The number of carbonyl (C=O) groups is 1. The summed E-state index contributed by atoms with van der Waals surface area (Å²) in [5, 5.41) is 7.05. The standard InChI is InChI=1S/C22H35ClFN5O/c1-4-26-21(27-10-6-12-29-11-5-7-16(14-29)20(25)30)28-15-22(2,3)18-9-8-17(24)13-19(18)23/h8-9,13,16H,4-7,10-12,14-15H2,1-3H3,(H2,25,30)(H2,26,27,28). The maximum atomic E-state index is 13.4. The van der Waals surface area contributed by atoms with Crippen molar-refractivity contribution in [3.63, 3.8) is 0 Å². The average molecular weight is 440 g/mol. The highest BCUT2D eigenvalue weighted by atomic mass is 35.5. The molecule has 1 saturated heterocycles. The molecule has 0 aromatic heterocycles. The molecule has 1 amide bonds. The van der Waals surface area contributed by atoms with Gasteiger partial charge in [-0.15, -0.1) is 0 Å². The van der Waals surface area contributed by atoms with Crippen molar-refractivity contribution in [2.45, 2.75) is 45.4 Å². The molecule has 1 heterocycles. The Balaban J connectivity index is 1.86. The Morgan fingerprint density at radius 1 is 1.40 bits per heavy atom. The van der Waals surface area contributed by atoms with Crippen molar-refractivity contribution in [1.29, 1.82) is 0 Å². The van der Waals surface area contributed by atoms with Gasteiger partial charge in [0.1, 0.15) is 5.82 Å². The molecule has 2 rings (SSSR count). The molecule has 8 heteroatoms. The molecule has 30 heavy (non-hydrogen) atoms. The summed E-state index contributed by atoms with van der Waals surface area (Å²) in [7, 11) is 0. The van der Waals surface area contributed by atoms with Gasteiger partial charge in [0.25, 0.3) is 0 Å². The highest BCUT2D eigenvalue weighted by Crippen LogP contribution is 2.30. The van der Waals surface area contributed by atoms with Crippen LogP contribution in [0.25, 0.3) is 0 Å². The number of amides is 1. The van der Waals surface area contributed by atoms with Crippen molar-refractivity contribution in [3.8, 4) is 0 Å². The van der Waals surface area contributed by atoms with E-state index >= 15 is 0 Å². The van der Waals surface area contributed by atoms with E-state index in [1.807, 2.05) is 20.8 Å². The van der Waals surface area contributed by atoms with Crippen LogP contribution in [0.1, 0.15) is 45.6 Å². The zero-order chi connectivity index (χ0) is 22.1. The zero-order valence-electron chi connectivity index (χ0n) is 18.3. The van der Waals surface area contributed by atoms with Crippen molar-refractivity contribution in [1.82, 2.24) is 15.5 Å². The fraction of sp³-hybridized carbons (Fsp3) is 0.636. The fourth-order valence-electron chi connectivity index (χ4n) is 3.74. The van der Waals surface area contributed by atoms with Gasteiger partial charge in [0, 0.05) is 30.1 Å². The number of hydrogen-bond acceptors (Lipinski definition) is 3. The van der Waals surface area contributed by atoms with Gasteiger partial charge in [-0.3, -0.25) is 9.79 Å². The largest absolute Gasteiger partial charge is 0.369 e. The zero-order valence-corrected chi connectivity index (χ0v) is 19.1. The van der Waals surface area contributed by atoms with E-state index in [-0.39, 0.29) is 23.1 Å². The molecule has 1 aromatic rings. The number of piperidine rings is 1. The van der Waals surface area contributed by atoms with Gasteiger partial charge >= 0.3 is 0 Å².